The van der Waals surface area contributed by atoms with Crippen LogP contribution < -0.4 is 29.1 Å². The average Bonchev–Trinajstić information content (AvgIpc) is 3.34. The van der Waals surface area contributed by atoms with Crippen LogP contribution in [0.5, 0.6) is 17.2 Å². The summed E-state index contributed by atoms with van der Waals surface area (Å²) in [7, 11) is 3.10. The number of benzene rings is 3. The van der Waals surface area contributed by atoms with Gasteiger partial charge in [0.2, 0.25) is 0 Å². The third-order valence-corrected chi connectivity index (χ3v) is 9.97. The Morgan fingerprint density at radius 1 is 1.04 bits per heavy atom. The molecule has 0 radical (unpaired) electrons. The molecule has 1 aliphatic heterocycles. The van der Waals surface area contributed by atoms with E-state index in [9.17, 15) is 9.59 Å². The summed E-state index contributed by atoms with van der Waals surface area (Å²) < 4.78 is 26.3. The second-order valence-corrected chi connectivity index (χ2v) is 14.0. The van der Waals surface area contributed by atoms with Gasteiger partial charge in [-0.15, -0.1) is 0 Å². The first-order valence-electron chi connectivity index (χ1n) is 14.6. The van der Waals surface area contributed by atoms with Crippen LogP contribution in [0.2, 0.25) is 10.0 Å². The van der Waals surface area contributed by atoms with Crippen molar-refractivity contribution in [3.05, 3.63) is 115 Å². The standard InChI is InChI=1S/C34H30Br2Cl2N2O6S/c1-5-7-25-29(33(42)45-6-2)30(22-15-20(35)9-11-26(22)43-3)40-32(41)28(47-34(40)39-25)14-18-12-23(36)31(27(13-18)44-4)46-17-19-8-10-21(37)16-24(19)38/h8-16,30H,5-7,17H2,1-4H3/b28-14+/t30-/m1/s1. The number of esters is 1. The third-order valence-electron chi connectivity index (χ3n) is 7.32. The molecule has 2 heterocycles. The molecule has 1 atom stereocenters. The molecule has 0 amide bonds. The van der Waals surface area contributed by atoms with Gasteiger partial charge in [-0.25, -0.2) is 9.79 Å². The predicted octanol–water partition coefficient (Wildman–Crippen LogP) is 8.01. The monoisotopic (exact) mass is 822 g/mol. The van der Waals surface area contributed by atoms with E-state index in [1.165, 1.54) is 11.3 Å². The number of hydrogen-bond donors (Lipinski definition) is 0. The van der Waals surface area contributed by atoms with Gasteiger partial charge < -0.3 is 18.9 Å². The summed E-state index contributed by atoms with van der Waals surface area (Å²) in [6.07, 6.45) is 3.03. The van der Waals surface area contributed by atoms with Crippen molar-refractivity contribution in [2.45, 2.75) is 39.3 Å². The van der Waals surface area contributed by atoms with Gasteiger partial charge in [0.1, 0.15) is 18.4 Å². The molecule has 0 N–H and O–H groups in total. The number of methoxy groups -OCH3 is 2. The first-order chi connectivity index (χ1) is 22.6. The summed E-state index contributed by atoms with van der Waals surface area (Å²) in [5.41, 5.74) is 2.66. The number of ether oxygens (including phenoxy) is 4. The topological polar surface area (TPSA) is 88.4 Å². The number of allylic oxidation sites excluding steroid dienone is 1. The summed E-state index contributed by atoms with van der Waals surface area (Å²) in [5, 5.41) is 1.03. The quantitative estimate of drug-likeness (QED) is 0.143. The highest BCUT2D eigenvalue weighted by Crippen LogP contribution is 2.39. The van der Waals surface area contributed by atoms with Crippen LogP contribution in [0.25, 0.3) is 6.08 Å². The maximum atomic E-state index is 14.3. The van der Waals surface area contributed by atoms with Crippen molar-refractivity contribution < 1.29 is 23.7 Å². The molecule has 0 saturated carbocycles. The number of aromatic nitrogens is 1. The van der Waals surface area contributed by atoms with Crippen molar-refractivity contribution in [1.82, 2.24) is 4.57 Å². The molecule has 1 aliphatic rings. The van der Waals surface area contributed by atoms with Crippen molar-refractivity contribution in [2.24, 2.45) is 4.99 Å². The molecule has 0 bridgehead atoms. The lowest BCUT2D eigenvalue weighted by Gasteiger charge is -2.27. The number of thiazole rings is 1. The highest BCUT2D eigenvalue weighted by Gasteiger charge is 2.36. The van der Waals surface area contributed by atoms with Crippen molar-refractivity contribution in [1.29, 1.82) is 0 Å². The highest BCUT2D eigenvalue weighted by molar-refractivity contribution is 9.10. The zero-order chi connectivity index (χ0) is 33.8. The first kappa shape index (κ1) is 35.2. The number of halogens is 4. The Labute approximate surface area is 302 Å². The lowest BCUT2D eigenvalue weighted by Crippen LogP contribution is -2.40. The zero-order valence-corrected chi connectivity index (χ0v) is 31.4. The van der Waals surface area contributed by atoms with Crippen LogP contribution in [0.3, 0.4) is 0 Å². The average molecular weight is 825 g/mol. The molecular formula is C34H30Br2Cl2N2O6S. The van der Waals surface area contributed by atoms with Crippen molar-refractivity contribution in [2.75, 3.05) is 20.8 Å². The molecular weight excluding hydrogens is 795 g/mol. The SMILES string of the molecule is CCCC1=C(C(=O)OCC)[C@@H](c2cc(Br)ccc2OC)n2c(s/c(=C/c3cc(Br)c(OCc4ccc(Cl)cc4Cl)c(OC)c3)c2=O)=N1. The molecule has 0 saturated heterocycles. The first-order valence-corrected chi connectivity index (χ1v) is 17.8. The van der Waals surface area contributed by atoms with Crippen molar-refractivity contribution >= 4 is 78.4 Å². The Hall–Kier alpha value is -3.09. The summed E-state index contributed by atoms with van der Waals surface area (Å²) >= 11 is 20.8. The van der Waals surface area contributed by atoms with Crippen LogP contribution in [0.15, 0.2) is 78.5 Å². The molecule has 0 fully saturated rings. The van der Waals surface area contributed by atoms with Gasteiger partial charge in [0.05, 0.1) is 41.1 Å². The molecule has 4 aromatic rings. The van der Waals surface area contributed by atoms with Crippen LogP contribution in [0, 0.1) is 0 Å². The second-order valence-electron chi connectivity index (χ2n) is 10.4. The normalized spacial score (nSPS) is 14.5. The fraction of sp³-hybridized carbons (Fsp3) is 0.265. The van der Waals surface area contributed by atoms with Crippen LogP contribution in [0.4, 0.5) is 0 Å². The van der Waals surface area contributed by atoms with Gasteiger partial charge in [0, 0.05) is 25.6 Å². The van der Waals surface area contributed by atoms with Gasteiger partial charge in [0.15, 0.2) is 16.3 Å². The van der Waals surface area contributed by atoms with E-state index in [4.69, 9.17) is 47.1 Å². The Bertz CT molecular complexity index is 2060. The zero-order valence-electron chi connectivity index (χ0n) is 25.9. The molecule has 0 aliphatic carbocycles. The van der Waals surface area contributed by atoms with E-state index < -0.39 is 12.0 Å². The molecule has 0 spiro atoms. The number of fused-ring (bicyclic) bond motifs is 1. The van der Waals surface area contributed by atoms with Gasteiger partial charge in [0.25, 0.3) is 5.56 Å². The van der Waals surface area contributed by atoms with E-state index in [2.05, 4.69) is 31.9 Å². The number of rotatable bonds is 11. The fourth-order valence-electron chi connectivity index (χ4n) is 5.24. The van der Waals surface area contributed by atoms with E-state index in [1.807, 2.05) is 25.1 Å². The Morgan fingerprint density at radius 2 is 1.81 bits per heavy atom. The van der Waals surface area contributed by atoms with Gasteiger partial charge >= 0.3 is 5.97 Å². The number of carbonyl (C=O) groups excluding carboxylic acids is 1. The van der Waals surface area contributed by atoms with Crippen molar-refractivity contribution in [3.63, 3.8) is 0 Å². The molecule has 246 valence electrons. The molecule has 13 heteroatoms. The van der Waals surface area contributed by atoms with E-state index >= 15 is 0 Å². The number of hydrogen-bond acceptors (Lipinski definition) is 8. The van der Waals surface area contributed by atoms with Crippen LogP contribution in [0.1, 0.15) is 49.4 Å². The van der Waals surface area contributed by atoms with Gasteiger partial charge in [-0.1, -0.05) is 69.9 Å². The Kier molecular flexibility index (Phi) is 11.6. The fourth-order valence-corrected chi connectivity index (χ4v) is 7.67. The van der Waals surface area contributed by atoms with E-state index in [0.29, 0.717) is 69.9 Å². The van der Waals surface area contributed by atoms with Crippen LogP contribution >= 0.6 is 66.4 Å². The van der Waals surface area contributed by atoms with Gasteiger partial charge in [-0.05, 0) is 83.4 Å². The maximum absolute atomic E-state index is 14.3. The summed E-state index contributed by atoms with van der Waals surface area (Å²) in [6, 6.07) is 13.5. The molecule has 3 aromatic carbocycles. The van der Waals surface area contributed by atoms with Gasteiger partial charge in [-0.3, -0.25) is 9.36 Å². The predicted molar refractivity (Wildman–Crippen MR) is 192 cm³/mol. The van der Waals surface area contributed by atoms with Crippen LogP contribution in [-0.4, -0.2) is 31.4 Å². The molecule has 1 aromatic heterocycles. The molecule has 47 heavy (non-hydrogen) atoms. The summed E-state index contributed by atoms with van der Waals surface area (Å²) in [4.78, 5) is 33.1. The Morgan fingerprint density at radius 3 is 2.49 bits per heavy atom. The minimum Gasteiger partial charge on any atom is -0.496 e. The number of carbonyl (C=O) groups is 1. The van der Waals surface area contributed by atoms with Crippen LogP contribution in [-0.2, 0) is 16.1 Å². The lowest BCUT2D eigenvalue weighted by molar-refractivity contribution is -0.139. The van der Waals surface area contributed by atoms with Crippen molar-refractivity contribution in [3.8, 4) is 17.2 Å². The summed E-state index contributed by atoms with van der Waals surface area (Å²) in [5.74, 6) is 0.929. The smallest absolute Gasteiger partial charge is 0.338 e. The molecule has 5 rings (SSSR count). The Balaban J connectivity index is 1.64. The maximum Gasteiger partial charge on any atom is 0.338 e. The molecule has 8 nitrogen and oxygen atoms in total. The molecule has 0 unspecified atom stereocenters. The second kappa shape index (κ2) is 15.4. The number of nitrogens with zero attached hydrogens (tertiary/aromatic N) is 2. The minimum absolute atomic E-state index is 0.178. The highest BCUT2D eigenvalue weighted by atomic mass is 79.9. The third kappa shape index (κ3) is 7.49. The lowest BCUT2D eigenvalue weighted by atomic mass is 9.93. The van der Waals surface area contributed by atoms with E-state index in [-0.39, 0.29) is 18.8 Å². The minimum atomic E-state index is -0.821. The largest absolute Gasteiger partial charge is 0.496 e. The van der Waals surface area contributed by atoms with Gasteiger partial charge in [-0.2, -0.15) is 0 Å². The van der Waals surface area contributed by atoms with E-state index in [0.717, 1.165) is 16.5 Å². The van der Waals surface area contributed by atoms with E-state index in [1.54, 1.807) is 62.1 Å². The summed E-state index contributed by atoms with van der Waals surface area (Å²) in [6.45, 7) is 4.12.